The number of methoxy groups -OCH3 is 1. The number of carbonyl (C=O) groups excluding carboxylic acids is 1. The molecular formula is C20H24ClO5P. The number of hydrogen-bond donors (Lipinski definition) is 0. The third-order valence-corrected chi connectivity index (χ3v) is 5.74. The molecule has 5 nitrogen and oxygen atoms in total. The zero-order chi connectivity index (χ0) is 19.6. The minimum absolute atomic E-state index is 0.201. The first-order valence-corrected chi connectivity index (χ1v) is 10.4. The number of rotatable bonds is 11. The van der Waals surface area contributed by atoms with Crippen LogP contribution in [0, 0.1) is 0 Å². The van der Waals surface area contributed by atoms with Gasteiger partial charge in [0.05, 0.1) is 37.5 Å². The zero-order valence-corrected chi connectivity index (χ0v) is 17.4. The fraction of sp³-hybridized carbons (Fsp3) is 0.350. The SMILES string of the molecule is CCOCCOP(C(=O)c1c(Cl)cccc1OC)c1ccc(OCC)cc1. The summed E-state index contributed by atoms with van der Waals surface area (Å²) >= 11 is 6.29. The molecule has 0 amide bonds. The molecule has 0 bridgehead atoms. The lowest BCUT2D eigenvalue weighted by molar-refractivity contribution is 0.102. The van der Waals surface area contributed by atoms with Crippen molar-refractivity contribution in [2.75, 3.05) is 33.5 Å². The lowest BCUT2D eigenvalue weighted by Gasteiger charge is -2.19. The van der Waals surface area contributed by atoms with E-state index in [0.29, 0.717) is 42.8 Å². The first-order valence-electron chi connectivity index (χ1n) is 8.72. The highest BCUT2D eigenvalue weighted by molar-refractivity contribution is 7.78. The second-order valence-electron chi connectivity index (χ2n) is 5.37. The molecule has 1 atom stereocenters. The van der Waals surface area contributed by atoms with Gasteiger partial charge in [-0.15, -0.1) is 0 Å². The summed E-state index contributed by atoms with van der Waals surface area (Å²) in [6, 6.07) is 12.5. The van der Waals surface area contributed by atoms with Crippen molar-refractivity contribution >= 4 is 30.6 Å². The van der Waals surface area contributed by atoms with Crippen molar-refractivity contribution in [3.63, 3.8) is 0 Å². The molecule has 0 saturated carbocycles. The van der Waals surface area contributed by atoms with Gasteiger partial charge in [0.25, 0.3) is 0 Å². The van der Waals surface area contributed by atoms with E-state index in [-0.39, 0.29) is 5.52 Å². The molecule has 27 heavy (non-hydrogen) atoms. The highest BCUT2D eigenvalue weighted by Gasteiger charge is 2.28. The Balaban J connectivity index is 2.32. The minimum atomic E-state index is -1.61. The van der Waals surface area contributed by atoms with Gasteiger partial charge < -0.3 is 18.7 Å². The molecule has 0 N–H and O–H groups in total. The zero-order valence-electron chi connectivity index (χ0n) is 15.7. The average molecular weight is 411 g/mol. The monoisotopic (exact) mass is 410 g/mol. The molecule has 7 heteroatoms. The Hall–Kier alpha value is -1.65. The second-order valence-corrected chi connectivity index (χ2v) is 7.55. The van der Waals surface area contributed by atoms with Crippen LogP contribution in [0.1, 0.15) is 24.2 Å². The Labute approximate surface area is 166 Å². The Kier molecular flexibility index (Phi) is 9.02. The maximum Gasteiger partial charge on any atom is 0.221 e. The number of ether oxygens (including phenoxy) is 3. The maximum absolute atomic E-state index is 13.3. The first-order chi connectivity index (χ1) is 13.1. The third-order valence-electron chi connectivity index (χ3n) is 3.63. The molecule has 2 aromatic rings. The van der Waals surface area contributed by atoms with Gasteiger partial charge in [0.15, 0.2) is 0 Å². The summed E-state index contributed by atoms with van der Waals surface area (Å²) in [6.07, 6.45) is 0. The highest BCUT2D eigenvalue weighted by Crippen LogP contribution is 2.44. The van der Waals surface area contributed by atoms with Crippen molar-refractivity contribution in [1.29, 1.82) is 0 Å². The van der Waals surface area contributed by atoms with Gasteiger partial charge in [-0.05, 0) is 50.2 Å². The normalized spacial score (nSPS) is 11.9. The predicted octanol–water partition coefficient (Wildman–Crippen LogP) is 4.66. The largest absolute Gasteiger partial charge is 0.496 e. The molecule has 0 aliphatic heterocycles. The molecule has 0 aromatic heterocycles. The van der Waals surface area contributed by atoms with Gasteiger partial charge in [-0.3, -0.25) is 4.79 Å². The molecule has 0 radical (unpaired) electrons. The van der Waals surface area contributed by atoms with Gasteiger partial charge in [0.1, 0.15) is 19.6 Å². The summed E-state index contributed by atoms with van der Waals surface area (Å²) in [6.45, 7) is 5.73. The van der Waals surface area contributed by atoms with Gasteiger partial charge in [-0.25, -0.2) is 0 Å². The molecule has 2 aromatic carbocycles. The van der Waals surface area contributed by atoms with Crippen molar-refractivity contribution in [1.82, 2.24) is 0 Å². The number of hydrogen-bond acceptors (Lipinski definition) is 5. The van der Waals surface area contributed by atoms with Gasteiger partial charge in [0.2, 0.25) is 5.52 Å². The molecule has 146 valence electrons. The van der Waals surface area contributed by atoms with E-state index in [1.165, 1.54) is 7.11 Å². The third kappa shape index (κ3) is 5.91. The van der Waals surface area contributed by atoms with Crippen LogP contribution in [0.5, 0.6) is 11.5 Å². The van der Waals surface area contributed by atoms with E-state index in [2.05, 4.69) is 0 Å². The smallest absolute Gasteiger partial charge is 0.221 e. The van der Waals surface area contributed by atoms with Crippen LogP contribution in [0.2, 0.25) is 5.02 Å². The van der Waals surface area contributed by atoms with Crippen molar-refractivity contribution < 1.29 is 23.5 Å². The highest BCUT2D eigenvalue weighted by atomic mass is 35.5. The van der Waals surface area contributed by atoms with Crippen molar-refractivity contribution in [2.45, 2.75) is 13.8 Å². The topological polar surface area (TPSA) is 54.0 Å². The molecule has 0 aliphatic carbocycles. The van der Waals surface area contributed by atoms with Crippen LogP contribution in [0.25, 0.3) is 0 Å². The van der Waals surface area contributed by atoms with E-state index in [4.69, 9.17) is 30.3 Å². The van der Waals surface area contributed by atoms with Gasteiger partial charge in [-0.1, -0.05) is 17.7 Å². The molecule has 0 aliphatic rings. The fourth-order valence-electron chi connectivity index (χ4n) is 2.41. The second kappa shape index (κ2) is 11.3. The predicted molar refractivity (Wildman–Crippen MR) is 109 cm³/mol. The average Bonchev–Trinajstić information content (AvgIpc) is 2.68. The fourth-order valence-corrected chi connectivity index (χ4v) is 4.34. The van der Waals surface area contributed by atoms with Crippen LogP contribution in [-0.4, -0.2) is 39.1 Å². The summed E-state index contributed by atoms with van der Waals surface area (Å²) < 4.78 is 22.1. The maximum atomic E-state index is 13.3. The van der Waals surface area contributed by atoms with Crippen LogP contribution >= 0.6 is 19.7 Å². The van der Waals surface area contributed by atoms with Crippen LogP contribution in [-0.2, 0) is 9.26 Å². The summed E-state index contributed by atoms with van der Waals surface area (Å²) in [4.78, 5) is 13.3. The number of benzene rings is 2. The van der Waals surface area contributed by atoms with Crippen LogP contribution in [0.15, 0.2) is 42.5 Å². The quantitative estimate of drug-likeness (QED) is 0.398. The van der Waals surface area contributed by atoms with Crippen molar-refractivity contribution in [2.24, 2.45) is 0 Å². The first kappa shape index (κ1) is 21.6. The molecule has 0 spiro atoms. The Morgan fingerprint density at radius 1 is 1.04 bits per heavy atom. The van der Waals surface area contributed by atoms with Crippen LogP contribution in [0.4, 0.5) is 0 Å². The molecule has 2 rings (SSSR count). The van der Waals surface area contributed by atoms with Crippen molar-refractivity contribution in [3.05, 3.63) is 53.1 Å². The van der Waals surface area contributed by atoms with Crippen molar-refractivity contribution in [3.8, 4) is 11.5 Å². The molecule has 0 fully saturated rings. The molecule has 0 saturated heterocycles. The Morgan fingerprint density at radius 2 is 1.78 bits per heavy atom. The van der Waals surface area contributed by atoms with E-state index in [0.717, 1.165) is 11.1 Å². The standard InChI is InChI=1S/C20H24ClO5P/c1-4-24-13-14-26-27(16-11-9-15(10-12-16)25-5-2)20(22)19-17(21)7-6-8-18(19)23-3/h6-12H,4-5,13-14H2,1-3H3. The van der Waals surface area contributed by atoms with E-state index in [1.807, 2.05) is 38.1 Å². The Morgan fingerprint density at radius 3 is 2.41 bits per heavy atom. The Bertz CT molecular complexity index is 736. The molecular weight excluding hydrogens is 387 g/mol. The van der Waals surface area contributed by atoms with Gasteiger partial charge >= 0.3 is 0 Å². The van der Waals surface area contributed by atoms with E-state index in [9.17, 15) is 4.79 Å². The van der Waals surface area contributed by atoms with E-state index < -0.39 is 8.15 Å². The summed E-state index contributed by atoms with van der Waals surface area (Å²) in [5.74, 6) is 1.17. The van der Waals surface area contributed by atoms with Crippen LogP contribution in [0.3, 0.4) is 0 Å². The molecule has 0 heterocycles. The lowest BCUT2D eigenvalue weighted by Crippen LogP contribution is -2.15. The lowest BCUT2D eigenvalue weighted by atomic mass is 10.2. The minimum Gasteiger partial charge on any atom is -0.496 e. The summed E-state index contributed by atoms with van der Waals surface area (Å²) in [7, 11) is -0.0971. The number of carbonyl (C=O) groups is 1. The van der Waals surface area contributed by atoms with Gasteiger partial charge in [-0.2, -0.15) is 0 Å². The van der Waals surface area contributed by atoms with E-state index >= 15 is 0 Å². The van der Waals surface area contributed by atoms with E-state index in [1.54, 1.807) is 18.2 Å². The summed E-state index contributed by atoms with van der Waals surface area (Å²) in [5.41, 5.74) is 0.131. The molecule has 1 unspecified atom stereocenters. The summed E-state index contributed by atoms with van der Waals surface area (Å²) in [5, 5.41) is 1.11. The van der Waals surface area contributed by atoms with Crippen LogP contribution < -0.4 is 14.8 Å². The number of halogens is 1. The van der Waals surface area contributed by atoms with Gasteiger partial charge in [0, 0.05) is 11.9 Å².